The van der Waals surface area contributed by atoms with E-state index < -0.39 is 11.9 Å². The van der Waals surface area contributed by atoms with Gasteiger partial charge in [0.15, 0.2) is 11.5 Å². The number of aryl methyl sites for hydroxylation is 1. The van der Waals surface area contributed by atoms with Crippen LogP contribution in [0, 0.1) is 6.92 Å². The third-order valence-corrected chi connectivity index (χ3v) is 5.24. The molecule has 6 nitrogen and oxygen atoms in total. The van der Waals surface area contributed by atoms with Crippen LogP contribution in [-0.2, 0) is 6.18 Å². The fraction of sp³-hybridized carbons (Fsp3) is 0.118. The molecule has 0 spiro atoms. The Morgan fingerprint density at radius 3 is 2.78 bits per heavy atom. The van der Waals surface area contributed by atoms with Gasteiger partial charge < -0.3 is 0 Å². The number of thiophene rings is 1. The number of hydrogen-bond donors (Lipinski definition) is 0. The maximum atomic E-state index is 13.1. The van der Waals surface area contributed by atoms with E-state index in [0.29, 0.717) is 32.6 Å². The van der Waals surface area contributed by atoms with E-state index in [1.807, 2.05) is 6.07 Å². The van der Waals surface area contributed by atoms with Crippen LogP contribution in [0.2, 0.25) is 0 Å². The lowest BCUT2D eigenvalue weighted by atomic mass is 10.1. The third-order valence-electron chi connectivity index (χ3n) is 4.17. The van der Waals surface area contributed by atoms with Crippen molar-refractivity contribution in [2.45, 2.75) is 13.1 Å². The van der Waals surface area contributed by atoms with Crippen LogP contribution in [0.1, 0.15) is 11.3 Å². The highest BCUT2D eigenvalue weighted by Gasteiger charge is 2.33. The Hall–Kier alpha value is -3.14. The van der Waals surface area contributed by atoms with Gasteiger partial charge >= 0.3 is 6.18 Å². The van der Waals surface area contributed by atoms with E-state index in [1.165, 1.54) is 10.8 Å². The van der Waals surface area contributed by atoms with Crippen molar-refractivity contribution in [1.82, 2.24) is 29.5 Å². The number of pyridine rings is 2. The molecule has 5 aromatic heterocycles. The summed E-state index contributed by atoms with van der Waals surface area (Å²) in [5, 5.41) is 5.00. The van der Waals surface area contributed by atoms with Crippen molar-refractivity contribution in [2.75, 3.05) is 0 Å². The predicted molar refractivity (Wildman–Crippen MR) is 94.4 cm³/mol. The summed E-state index contributed by atoms with van der Waals surface area (Å²) in [6, 6.07) is 4.66. The first-order chi connectivity index (χ1) is 12.9. The highest BCUT2D eigenvalue weighted by atomic mass is 32.1. The molecule has 0 aliphatic rings. The average molecular weight is 386 g/mol. The van der Waals surface area contributed by atoms with E-state index in [9.17, 15) is 13.2 Å². The molecule has 0 aliphatic carbocycles. The minimum Gasteiger partial charge on any atom is -0.264 e. The quantitative estimate of drug-likeness (QED) is 0.430. The second kappa shape index (κ2) is 5.43. The second-order valence-electron chi connectivity index (χ2n) is 5.97. The molecule has 0 aromatic carbocycles. The molecule has 10 heteroatoms. The minimum atomic E-state index is -4.50. The molecule has 5 rings (SSSR count). The summed E-state index contributed by atoms with van der Waals surface area (Å²) in [5.74, 6) is 0.468. The molecule has 0 radical (unpaired) electrons. The SMILES string of the molecule is Cc1cc(C(F)(F)F)nc2sc3c(ncn4nc(-c5cccnc5)nc34)c12. The molecule has 0 saturated carbocycles. The van der Waals surface area contributed by atoms with Gasteiger partial charge in [-0.15, -0.1) is 16.4 Å². The molecule has 5 heterocycles. The van der Waals surface area contributed by atoms with E-state index in [-0.39, 0.29) is 4.83 Å². The van der Waals surface area contributed by atoms with Gasteiger partial charge in [-0.25, -0.2) is 19.5 Å². The van der Waals surface area contributed by atoms with Gasteiger partial charge in [0.2, 0.25) is 0 Å². The van der Waals surface area contributed by atoms with Crippen LogP contribution in [0.3, 0.4) is 0 Å². The van der Waals surface area contributed by atoms with Crippen molar-refractivity contribution in [1.29, 1.82) is 0 Å². The van der Waals surface area contributed by atoms with Gasteiger partial charge in [0, 0.05) is 23.3 Å². The number of rotatable bonds is 1. The van der Waals surface area contributed by atoms with Crippen molar-refractivity contribution in [2.24, 2.45) is 0 Å². The Bertz CT molecular complexity index is 1320. The summed E-state index contributed by atoms with van der Waals surface area (Å²) >= 11 is 1.13. The third kappa shape index (κ3) is 2.44. The van der Waals surface area contributed by atoms with Crippen LogP contribution >= 0.6 is 11.3 Å². The van der Waals surface area contributed by atoms with Crippen molar-refractivity contribution in [3.63, 3.8) is 0 Å². The smallest absolute Gasteiger partial charge is 0.264 e. The fourth-order valence-corrected chi connectivity index (χ4v) is 4.15. The summed E-state index contributed by atoms with van der Waals surface area (Å²) in [5.41, 5.74) is 1.40. The Labute approximate surface area is 153 Å². The van der Waals surface area contributed by atoms with Crippen LogP contribution in [0.5, 0.6) is 0 Å². The number of halogens is 3. The molecule has 27 heavy (non-hydrogen) atoms. The summed E-state index contributed by atoms with van der Waals surface area (Å²) < 4.78 is 41.4. The fourth-order valence-electron chi connectivity index (χ4n) is 2.97. The minimum absolute atomic E-state index is 0.281. The molecule has 0 atom stereocenters. The summed E-state index contributed by atoms with van der Waals surface area (Å²) in [6.45, 7) is 1.63. The molecule has 0 N–H and O–H groups in total. The normalized spacial score (nSPS) is 12.4. The second-order valence-corrected chi connectivity index (χ2v) is 6.97. The summed E-state index contributed by atoms with van der Waals surface area (Å²) in [4.78, 5) is 17.1. The molecule has 5 aromatic rings. The zero-order valence-electron chi connectivity index (χ0n) is 13.7. The molecule has 0 fully saturated rings. The van der Waals surface area contributed by atoms with E-state index >= 15 is 0 Å². The monoisotopic (exact) mass is 386 g/mol. The molecule has 134 valence electrons. The maximum absolute atomic E-state index is 13.1. The Morgan fingerprint density at radius 1 is 1.19 bits per heavy atom. The molecular weight excluding hydrogens is 377 g/mol. The number of hydrogen-bond acceptors (Lipinski definition) is 6. The van der Waals surface area contributed by atoms with Crippen molar-refractivity contribution < 1.29 is 13.2 Å². The predicted octanol–water partition coefficient (Wildman–Crippen LogP) is 4.28. The summed E-state index contributed by atoms with van der Waals surface area (Å²) in [6.07, 6.45) is 0.303. The zero-order valence-corrected chi connectivity index (χ0v) is 14.5. The van der Waals surface area contributed by atoms with Gasteiger partial charge in [-0.3, -0.25) is 4.98 Å². The van der Waals surface area contributed by atoms with Gasteiger partial charge in [-0.2, -0.15) is 13.2 Å². The van der Waals surface area contributed by atoms with Crippen LogP contribution in [0.4, 0.5) is 13.2 Å². The van der Waals surface area contributed by atoms with Gasteiger partial charge in [0.05, 0.1) is 5.52 Å². The van der Waals surface area contributed by atoms with Gasteiger partial charge in [-0.1, -0.05) is 0 Å². The number of fused-ring (bicyclic) bond motifs is 5. The lowest BCUT2D eigenvalue weighted by Gasteiger charge is -2.06. The van der Waals surface area contributed by atoms with E-state index in [1.54, 1.807) is 25.4 Å². The number of aromatic nitrogens is 6. The Balaban J connectivity index is 1.81. The molecule has 0 saturated heterocycles. The Morgan fingerprint density at radius 2 is 2.04 bits per heavy atom. The number of nitrogens with zero attached hydrogens (tertiary/aromatic N) is 6. The Kier molecular flexibility index (Phi) is 3.23. The first-order valence-corrected chi connectivity index (χ1v) is 8.66. The first kappa shape index (κ1) is 16.1. The molecule has 0 amide bonds. The van der Waals surface area contributed by atoms with Crippen LogP contribution < -0.4 is 0 Å². The molecule has 0 bridgehead atoms. The number of alkyl halides is 3. The van der Waals surface area contributed by atoms with E-state index in [2.05, 4.69) is 25.0 Å². The van der Waals surface area contributed by atoms with E-state index in [0.717, 1.165) is 23.0 Å². The van der Waals surface area contributed by atoms with Crippen LogP contribution in [-0.4, -0.2) is 29.5 Å². The highest BCUT2D eigenvalue weighted by molar-refractivity contribution is 7.26. The average Bonchev–Trinajstić information content (AvgIpc) is 3.22. The topological polar surface area (TPSA) is 68.9 Å². The lowest BCUT2D eigenvalue weighted by molar-refractivity contribution is -0.141. The van der Waals surface area contributed by atoms with Crippen molar-refractivity contribution >= 4 is 37.4 Å². The largest absolute Gasteiger partial charge is 0.433 e. The van der Waals surface area contributed by atoms with Gasteiger partial charge in [0.1, 0.15) is 21.6 Å². The highest BCUT2D eigenvalue weighted by Crippen LogP contribution is 2.38. The van der Waals surface area contributed by atoms with E-state index in [4.69, 9.17) is 0 Å². The van der Waals surface area contributed by atoms with Gasteiger partial charge in [0.25, 0.3) is 0 Å². The van der Waals surface area contributed by atoms with Crippen LogP contribution in [0.15, 0.2) is 36.9 Å². The lowest BCUT2D eigenvalue weighted by Crippen LogP contribution is -2.07. The first-order valence-electron chi connectivity index (χ1n) is 7.84. The molecule has 0 aliphatic heterocycles. The standard InChI is InChI=1S/C17H9F3N6S/c1-8-5-10(17(18,19)20)23-16-11(8)12-13(27-16)15-24-14(25-26(15)7-22-12)9-3-2-4-21-6-9/h2-7H,1H3. The molecular formula is C17H9F3N6S. The van der Waals surface area contributed by atoms with Crippen molar-refractivity contribution in [3.05, 3.63) is 48.2 Å². The molecule has 0 unspecified atom stereocenters. The van der Waals surface area contributed by atoms with Crippen LogP contribution in [0.25, 0.3) is 37.5 Å². The van der Waals surface area contributed by atoms with Crippen molar-refractivity contribution in [3.8, 4) is 11.4 Å². The van der Waals surface area contributed by atoms with Gasteiger partial charge in [-0.05, 0) is 30.7 Å². The maximum Gasteiger partial charge on any atom is 0.433 e. The zero-order chi connectivity index (χ0) is 18.8. The summed E-state index contributed by atoms with van der Waals surface area (Å²) in [7, 11) is 0.